The number of hydrogen-bond acceptors (Lipinski definition) is 4. The van der Waals surface area contributed by atoms with Gasteiger partial charge < -0.3 is 10.2 Å². The van der Waals surface area contributed by atoms with Gasteiger partial charge in [-0.2, -0.15) is 10.4 Å². The molecule has 0 aliphatic carbocycles. The number of nitriles is 1. The first-order valence-electron chi connectivity index (χ1n) is 7.73. The van der Waals surface area contributed by atoms with Crippen molar-refractivity contribution >= 4 is 5.91 Å². The van der Waals surface area contributed by atoms with Gasteiger partial charge in [0.1, 0.15) is 5.82 Å². The summed E-state index contributed by atoms with van der Waals surface area (Å²) in [5.74, 6) is -1.02. The number of carbonyl (C=O) groups is 1. The fourth-order valence-corrected chi connectivity index (χ4v) is 2.98. The van der Waals surface area contributed by atoms with Gasteiger partial charge in [0, 0.05) is 37.9 Å². The van der Waals surface area contributed by atoms with Crippen LogP contribution in [0, 0.1) is 24.2 Å². The van der Waals surface area contributed by atoms with E-state index >= 15 is 0 Å². The summed E-state index contributed by atoms with van der Waals surface area (Å²) >= 11 is 0. The predicted octanol–water partition coefficient (Wildman–Crippen LogP) is 1.82. The van der Waals surface area contributed by atoms with E-state index in [9.17, 15) is 9.18 Å². The Labute approximate surface area is 139 Å². The summed E-state index contributed by atoms with van der Waals surface area (Å²) in [5.41, 5.74) is 2.34. The van der Waals surface area contributed by atoms with Crippen LogP contribution in [-0.4, -0.2) is 39.7 Å². The van der Waals surface area contributed by atoms with Gasteiger partial charge >= 0.3 is 0 Å². The van der Waals surface area contributed by atoms with E-state index in [0.29, 0.717) is 25.1 Å². The zero-order chi connectivity index (χ0) is 17.3. The summed E-state index contributed by atoms with van der Waals surface area (Å²) in [7, 11) is 1.81. The van der Waals surface area contributed by atoms with Gasteiger partial charge in [-0.3, -0.25) is 9.48 Å². The Morgan fingerprint density at radius 2 is 2.29 bits per heavy atom. The van der Waals surface area contributed by atoms with E-state index in [1.54, 1.807) is 22.7 Å². The predicted molar refractivity (Wildman–Crippen MR) is 86.4 cm³/mol. The molecule has 1 unspecified atom stereocenters. The maximum absolute atomic E-state index is 14.4. The second kappa shape index (κ2) is 6.32. The van der Waals surface area contributed by atoms with Crippen LogP contribution in [0.5, 0.6) is 0 Å². The lowest BCUT2D eigenvalue weighted by Gasteiger charge is -2.13. The number of hydrogen-bond donors (Lipinski definition) is 1. The van der Waals surface area contributed by atoms with Crippen molar-refractivity contribution in [2.45, 2.75) is 19.4 Å². The van der Waals surface area contributed by atoms with Gasteiger partial charge in [0.05, 0.1) is 11.3 Å². The molecule has 6 nitrogen and oxygen atoms in total. The average molecular weight is 327 g/mol. The molecule has 124 valence electrons. The summed E-state index contributed by atoms with van der Waals surface area (Å²) in [6.45, 7) is 2.94. The normalized spacial score (nSPS) is 16.9. The standard InChI is InChI=1S/C17H18FN5O/c1-11-15(9-22(2)21-11)12-3-4-14(16(18)7-12)17(24)20-13-5-6-23(8-13)10-19/h3-4,7,9,13H,5-6,8H2,1-2H3,(H,20,24). The van der Waals surface area contributed by atoms with Gasteiger partial charge in [0.25, 0.3) is 5.91 Å². The molecule has 1 aromatic heterocycles. The van der Waals surface area contributed by atoms with Gasteiger partial charge in [-0.25, -0.2) is 4.39 Å². The number of aryl methyl sites for hydroxylation is 2. The van der Waals surface area contributed by atoms with Crippen molar-refractivity contribution in [2.75, 3.05) is 13.1 Å². The van der Waals surface area contributed by atoms with Crippen LogP contribution in [0.4, 0.5) is 4.39 Å². The highest BCUT2D eigenvalue weighted by Gasteiger charge is 2.24. The summed E-state index contributed by atoms with van der Waals surface area (Å²) in [4.78, 5) is 13.8. The highest BCUT2D eigenvalue weighted by atomic mass is 19.1. The van der Waals surface area contributed by atoms with Crippen LogP contribution in [0.3, 0.4) is 0 Å². The lowest BCUT2D eigenvalue weighted by Crippen LogP contribution is -2.36. The van der Waals surface area contributed by atoms with Crippen molar-refractivity contribution in [3.8, 4) is 17.3 Å². The molecule has 1 amide bonds. The lowest BCUT2D eigenvalue weighted by atomic mass is 10.0. The average Bonchev–Trinajstić information content (AvgIpc) is 3.12. The molecule has 1 aromatic carbocycles. The summed E-state index contributed by atoms with van der Waals surface area (Å²) in [6.07, 6.45) is 4.56. The number of halogens is 1. The van der Waals surface area contributed by atoms with Crippen LogP contribution in [0.1, 0.15) is 22.5 Å². The number of rotatable bonds is 3. The number of benzene rings is 1. The fraction of sp³-hybridized carbons (Fsp3) is 0.353. The molecular formula is C17H18FN5O. The maximum Gasteiger partial charge on any atom is 0.254 e. The Bertz CT molecular complexity index is 823. The molecule has 1 aliphatic rings. The van der Waals surface area contributed by atoms with Gasteiger partial charge in [0.2, 0.25) is 0 Å². The highest BCUT2D eigenvalue weighted by molar-refractivity contribution is 5.95. The minimum absolute atomic E-state index is 0.00991. The van der Waals surface area contributed by atoms with Crippen LogP contribution in [-0.2, 0) is 7.05 Å². The Hall–Kier alpha value is -2.88. The smallest absolute Gasteiger partial charge is 0.254 e. The molecule has 0 saturated carbocycles. The molecule has 2 aromatic rings. The number of carbonyl (C=O) groups excluding carboxylic acids is 1. The molecule has 1 N–H and O–H groups in total. The molecule has 0 radical (unpaired) electrons. The Morgan fingerprint density at radius 1 is 1.50 bits per heavy atom. The Balaban J connectivity index is 1.76. The molecule has 1 aliphatic heterocycles. The second-order valence-electron chi connectivity index (χ2n) is 6.00. The number of aromatic nitrogens is 2. The van der Waals surface area contributed by atoms with Crippen LogP contribution >= 0.6 is 0 Å². The van der Waals surface area contributed by atoms with E-state index in [-0.39, 0.29) is 11.6 Å². The van der Waals surface area contributed by atoms with Crippen molar-refractivity contribution in [2.24, 2.45) is 7.05 Å². The van der Waals surface area contributed by atoms with Gasteiger partial charge in [-0.05, 0) is 31.0 Å². The van der Waals surface area contributed by atoms with Crippen LogP contribution in [0.25, 0.3) is 11.1 Å². The third-order valence-electron chi connectivity index (χ3n) is 4.20. The maximum atomic E-state index is 14.4. The zero-order valence-corrected chi connectivity index (χ0v) is 13.6. The zero-order valence-electron chi connectivity index (χ0n) is 13.6. The molecule has 1 saturated heterocycles. The van der Waals surface area contributed by atoms with E-state index in [0.717, 1.165) is 11.3 Å². The van der Waals surface area contributed by atoms with Crippen molar-refractivity contribution in [1.29, 1.82) is 5.26 Å². The van der Waals surface area contributed by atoms with Crippen LogP contribution < -0.4 is 5.32 Å². The molecule has 24 heavy (non-hydrogen) atoms. The third-order valence-corrected chi connectivity index (χ3v) is 4.20. The van der Waals surface area contributed by atoms with Crippen LogP contribution in [0.15, 0.2) is 24.4 Å². The van der Waals surface area contributed by atoms with E-state index in [2.05, 4.69) is 16.6 Å². The molecule has 7 heteroatoms. The SMILES string of the molecule is Cc1nn(C)cc1-c1ccc(C(=O)NC2CCN(C#N)C2)c(F)c1. The molecular weight excluding hydrogens is 309 g/mol. The molecule has 3 rings (SSSR count). The highest BCUT2D eigenvalue weighted by Crippen LogP contribution is 2.24. The summed E-state index contributed by atoms with van der Waals surface area (Å²) in [5, 5.41) is 15.9. The third kappa shape index (κ3) is 3.08. The minimum Gasteiger partial charge on any atom is -0.347 e. The topological polar surface area (TPSA) is 74.0 Å². The lowest BCUT2D eigenvalue weighted by molar-refractivity contribution is 0.0935. The largest absolute Gasteiger partial charge is 0.347 e. The monoisotopic (exact) mass is 327 g/mol. The van der Waals surface area contributed by atoms with E-state index in [1.165, 1.54) is 12.1 Å². The number of likely N-dealkylation sites (tertiary alicyclic amines) is 1. The first-order valence-corrected chi connectivity index (χ1v) is 7.73. The van der Waals surface area contributed by atoms with Crippen LogP contribution in [0.2, 0.25) is 0 Å². The van der Waals surface area contributed by atoms with E-state index in [4.69, 9.17) is 5.26 Å². The summed E-state index contributed by atoms with van der Waals surface area (Å²) in [6, 6.07) is 4.44. The Kier molecular flexibility index (Phi) is 4.21. The van der Waals surface area contributed by atoms with Crippen molar-refractivity contribution in [3.63, 3.8) is 0 Å². The number of amides is 1. The first kappa shape index (κ1) is 16.0. The van der Waals surface area contributed by atoms with Gasteiger partial charge in [0.15, 0.2) is 6.19 Å². The molecule has 1 fully saturated rings. The van der Waals surface area contributed by atoms with Crippen molar-refractivity contribution in [1.82, 2.24) is 20.0 Å². The van der Waals surface area contributed by atoms with Gasteiger partial charge in [-0.1, -0.05) is 6.07 Å². The first-order chi connectivity index (χ1) is 11.5. The van der Waals surface area contributed by atoms with Crippen molar-refractivity contribution in [3.05, 3.63) is 41.5 Å². The minimum atomic E-state index is -0.566. The van der Waals surface area contributed by atoms with Crippen molar-refractivity contribution < 1.29 is 9.18 Å². The van der Waals surface area contributed by atoms with Gasteiger partial charge in [-0.15, -0.1) is 0 Å². The van der Waals surface area contributed by atoms with E-state index < -0.39 is 11.7 Å². The summed E-state index contributed by atoms with van der Waals surface area (Å²) < 4.78 is 16.1. The molecule has 0 spiro atoms. The molecule has 2 heterocycles. The molecule has 1 atom stereocenters. The Morgan fingerprint density at radius 3 is 2.88 bits per heavy atom. The fourth-order valence-electron chi connectivity index (χ4n) is 2.98. The number of nitrogens with zero attached hydrogens (tertiary/aromatic N) is 4. The van der Waals surface area contributed by atoms with E-state index in [1.807, 2.05) is 13.1 Å². The second-order valence-corrected chi connectivity index (χ2v) is 6.00. The molecule has 0 bridgehead atoms. The quantitative estimate of drug-likeness (QED) is 0.873. The number of nitrogens with one attached hydrogen (secondary N) is 1.